The molecule has 1 aliphatic carbocycles. The summed E-state index contributed by atoms with van der Waals surface area (Å²) in [6, 6.07) is 15.7. The molecule has 1 saturated carbocycles. The first kappa shape index (κ1) is 22.8. The molecule has 0 saturated heterocycles. The number of aliphatic hydroxyl groups is 1. The minimum atomic E-state index is -0.730. The first-order valence-corrected chi connectivity index (χ1v) is 11.6. The average Bonchev–Trinajstić information content (AvgIpc) is 3.57. The third-order valence-corrected chi connectivity index (χ3v) is 5.75. The molecule has 0 aliphatic heterocycles. The van der Waals surface area contributed by atoms with Crippen LogP contribution in [-0.4, -0.2) is 56.2 Å². The summed E-state index contributed by atoms with van der Waals surface area (Å²) < 4.78 is 7.55. The third kappa shape index (κ3) is 5.23. The van der Waals surface area contributed by atoms with Crippen molar-refractivity contribution in [1.29, 1.82) is 5.41 Å². The molecule has 1 unspecified atom stereocenters. The molecule has 0 spiro atoms. The second kappa shape index (κ2) is 10.1. The molecule has 3 aromatic heterocycles. The van der Waals surface area contributed by atoms with Crippen LogP contribution in [0.5, 0.6) is 5.75 Å². The fourth-order valence-electron chi connectivity index (χ4n) is 3.70. The molecule has 5 rings (SSSR count). The molecule has 1 atom stereocenters. The number of anilines is 2. The van der Waals surface area contributed by atoms with E-state index in [4.69, 9.17) is 25.8 Å². The summed E-state index contributed by atoms with van der Waals surface area (Å²) in [6.45, 7) is 0.707. The van der Waals surface area contributed by atoms with Crippen LogP contribution < -0.4 is 21.1 Å². The van der Waals surface area contributed by atoms with Gasteiger partial charge >= 0.3 is 0 Å². The lowest BCUT2D eigenvalue weighted by Crippen LogP contribution is -2.26. The third-order valence-electron chi connectivity index (χ3n) is 5.75. The van der Waals surface area contributed by atoms with E-state index in [0.717, 1.165) is 29.6 Å². The summed E-state index contributed by atoms with van der Waals surface area (Å²) >= 11 is 0. The molecule has 6 N–H and O–H groups in total. The van der Waals surface area contributed by atoms with E-state index >= 15 is 0 Å². The van der Waals surface area contributed by atoms with Crippen LogP contribution in [0, 0.1) is 5.41 Å². The van der Waals surface area contributed by atoms with E-state index in [-0.39, 0.29) is 13.2 Å². The Morgan fingerprint density at radius 1 is 1.17 bits per heavy atom. The molecular weight excluding hydrogens is 444 g/mol. The number of nitrogens with zero attached hydrogens (tertiary/aromatic N) is 4. The van der Waals surface area contributed by atoms with Gasteiger partial charge in [-0.15, -0.1) is 0 Å². The van der Waals surface area contributed by atoms with E-state index in [1.807, 2.05) is 53.0 Å². The molecule has 1 aromatic carbocycles. The van der Waals surface area contributed by atoms with Crippen LogP contribution >= 0.6 is 0 Å². The van der Waals surface area contributed by atoms with Gasteiger partial charge in [0.15, 0.2) is 5.82 Å². The summed E-state index contributed by atoms with van der Waals surface area (Å²) in [5.41, 5.74) is 8.81. The Bertz CT molecular complexity index is 1330. The van der Waals surface area contributed by atoms with Crippen molar-refractivity contribution in [2.75, 3.05) is 23.8 Å². The van der Waals surface area contributed by atoms with Crippen LogP contribution in [0.2, 0.25) is 0 Å². The van der Waals surface area contributed by atoms with Gasteiger partial charge in [0.05, 0.1) is 23.3 Å². The molecule has 10 heteroatoms. The number of benzene rings is 1. The highest BCUT2D eigenvalue weighted by atomic mass is 16.5. The normalized spacial score (nSPS) is 14.0. The molecular formula is C25H28N8O2. The van der Waals surface area contributed by atoms with Gasteiger partial charge in [0, 0.05) is 30.6 Å². The zero-order valence-corrected chi connectivity index (χ0v) is 19.2. The molecule has 1 aliphatic rings. The Balaban J connectivity index is 1.47. The number of fused-ring (bicyclic) bond motifs is 1. The Hall–Kier alpha value is -4.02. The van der Waals surface area contributed by atoms with Crippen molar-refractivity contribution in [2.45, 2.75) is 31.5 Å². The van der Waals surface area contributed by atoms with Crippen molar-refractivity contribution >= 4 is 23.4 Å². The van der Waals surface area contributed by atoms with E-state index < -0.39 is 6.10 Å². The molecule has 10 nitrogen and oxygen atoms in total. The molecule has 180 valence electrons. The van der Waals surface area contributed by atoms with Crippen molar-refractivity contribution in [2.24, 2.45) is 5.73 Å². The van der Waals surface area contributed by atoms with Crippen molar-refractivity contribution in [3.05, 3.63) is 66.0 Å². The first-order chi connectivity index (χ1) is 17.1. The van der Waals surface area contributed by atoms with E-state index in [1.165, 1.54) is 6.21 Å². The highest BCUT2D eigenvalue weighted by molar-refractivity contribution is 5.91. The summed E-state index contributed by atoms with van der Waals surface area (Å²) in [6.07, 6.45) is 4.47. The molecule has 0 amide bonds. The number of nitrogens with one attached hydrogen (secondary N) is 3. The number of hydrogen-bond donors (Lipinski definition) is 5. The Labute approximate surface area is 202 Å². The molecule has 0 bridgehead atoms. The SMILES string of the molecule is N=Cc1c(NCc2cccc3ccnn23)nc(-c2cccc(OCC(O)CN)c2)nc1NC1CC1. The number of aromatic nitrogens is 4. The minimum absolute atomic E-state index is 0.105. The zero-order chi connectivity index (χ0) is 24.2. The van der Waals surface area contributed by atoms with Gasteiger partial charge in [-0.25, -0.2) is 14.5 Å². The van der Waals surface area contributed by atoms with Crippen molar-refractivity contribution < 1.29 is 9.84 Å². The summed E-state index contributed by atoms with van der Waals surface area (Å²) in [5.74, 6) is 2.27. The fraction of sp³-hybridized carbons (Fsp3) is 0.280. The number of hydrogen-bond acceptors (Lipinski definition) is 9. The summed E-state index contributed by atoms with van der Waals surface area (Å²) in [4.78, 5) is 9.52. The topological polar surface area (TPSA) is 146 Å². The highest BCUT2D eigenvalue weighted by Crippen LogP contribution is 2.31. The van der Waals surface area contributed by atoms with Crippen LogP contribution in [-0.2, 0) is 6.54 Å². The van der Waals surface area contributed by atoms with Gasteiger partial charge in [0.25, 0.3) is 0 Å². The predicted octanol–water partition coefficient (Wildman–Crippen LogP) is 2.67. The smallest absolute Gasteiger partial charge is 0.164 e. The maximum absolute atomic E-state index is 9.71. The van der Waals surface area contributed by atoms with E-state index in [0.29, 0.717) is 41.4 Å². The van der Waals surface area contributed by atoms with E-state index in [2.05, 4.69) is 15.7 Å². The van der Waals surface area contributed by atoms with Gasteiger partial charge in [0.2, 0.25) is 0 Å². The Morgan fingerprint density at radius 2 is 2.00 bits per heavy atom. The van der Waals surface area contributed by atoms with Crippen LogP contribution in [0.1, 0.15) is 24.1 Å². The van der Waals surface area contributed by atoms with E-state index in [1.54, 1.807) is 6.20 Å². The fourth-order valence-corrected chi connectivity index (χ4v) is 3.70. The molecule has 35 heavy (non-hydrogen) atoms. The van der Waals surface area contributed by atoms with Gasteiger partial charge in [-0.05, 0) is 43.2 Å². The second-order valence-corrected chi connectivity index (χ2v) is 8.49. The van der Waals surface area contributed by atoms with Crippen LogP contribution in [0.15, 0.2) is 54.7 Å². The lowest BCUT2D eigenvalue weighted by Gasteiger charge is -2.16. The second-order valence-electron chi connectivity index (χ2n) is 8.49. The quantitative estimate of drug-likeness (QED) is 0.209. The van der Waals surface area contributed by atoms with Gasteiger partial charge in [-0.1, -0.05) is 18.2 Å². The number of nitrogens with two attached hydrogens (primary N) is 1. The van der Waals surface area contributed by atoms with Gasteiger partial charge in [0.1, 0.15) is 30.1 Å². The average molecular weight is 473 g/mol. The standard InChI is InChI=1S/C25H28N8O2/c26-12-20(34)15-35-21-6-1-3-16(11-21)23-31-24(22(13-27)25(32-23)30-17-7-8-17)28-14-19-5-2-4-18-9-10-29-33(18)19/h1-6,9-11,13,17,20,27,34H,7-8,12,14-15,26H2,(H2,28,30,31,32). The van der Waals surface area contributed by atoms with Crippen molar-refractivity contribution in [1.82, 2.24) is 19.6 Å². The van der Waals surface area contributed by atoms with Gasteiger partial charge in [-0.2, -0.15) is 5.10 Å². The maximum Gasteiger partial charge on any atom is 0.164 e. The Morgan fingerprint density at radius 3 is 2.80 bits per heavy atom. The number of ether oxygens (including phenoxy) is 1. The summed E-state index contributed by atoms with van der Waals surface area (Å²) in [7, 11) is 0. The maximum atomic E-state index is 9.71. The predicted molar refractivity (Wildman–Crippen MR) is 135 cm³/mol. The van der Waals surface area contributed by atoms with Crippen LogP contribution in [0.3, 0.4) is 0 Å². The van der Waals surface area contributed by atoms with Gasteiger partial charge in [-0.3, -0.25) is 0 Å². The van der Waals surface area contributed by atoms with E-state index in [9.17, 15) is 5.11 Å². The highest BCUT2D eigenvalue weighted by Gasteiger charge is 2.24. The molecule has 1 fully saturated rings. The molecule has 4 aromatic rings. The largest absolute Gasteiger partial charge is 0.491 e. The number of rotatable bonds is 11. The number of aliphatic hydroxyl groups excluding tert-OH is 1. The van der Waals surface area contributed by atoms with Crippen LogP contribution in [0.25, 0.3) is 16.9 Å². The van der Waals surface area contributed by atoms with Crippen molar-refractivity contribution in [3.63, 3.8) is 0 Å². The van der Waals surface area contributed by atoms with Gasteiger partial charge < -0.3 is 31.6 Å². The molecule has 3 heterocycles. The zero-order valence-electron chi connectivity index (χ0n) is 19.2. The summed E-state index contributed by atoms with van der Waals surface area (Å²) in [5, 5.41) is 29.0. The Kier molecular flexibility index (Phi) is 6.55. The minimum Gasteiger partial charge on any atom is -0.491 e. The van der Waals surface area contributed by atoms with Crippen molar-refractivity contribution in [3.8, 4) is 17.1 Å². The lowest BCUT2D eigenvalue weighted by molar-refractivity contribution is 0.114. The first-order valence-electron chi connectivity index (χ1n) is 11.6. The molecule has 0 radical (unpaired) electrons. The monoisotopic (exact) mass is 472 g/mol. The lowest BCUT2D eigenvalue weighted by atomic mass is 10.2. The number of pyridine rings is 1. The van der Waals surface area contributed by atoms with Crippen LogP contribution in [0.4, 0.5) is 11.6 Å².